The first-order valence-electron chi connectivity index (χ1n) is 7.43. The van der Waals surface area contributed by atoms with Gasteiger partial charge in [0.15, 0.2) is 10.9 Å². The van der Waals surface area contributed by atoms with Crippen LogP contribution in [0.15, 0.2) is 24.4 Å². The summed E-state index contributed by atoms with van der Waals surface area (Å²) in [5.41, 5.74) is 0.0159. The molecule has 1 heterocycles. The van der Waals surface area contributed by atoms with Crippen LogP contribution in [-0.4, -0.2) is 29.8 Å². The summed E-state index contributed by atoms with van der Waals surface area (Å²) in [5.74, 6) is -0.874. The van der Waals surface area contributed by atoms with E-state index in [2.05, 4.69) is 15.0 Å². The van der Waals surface area contributed by atoms with E-state index in [1.165, 1.54) is 12.1 Å². The minimum Gasteiger partial charge on any atom is -0.434 e. The zero-order valence-electron chi connectivity index (χ0n) is 13.8. The number of rotatable bonds is 5. The minimum atomic E-state index is -4.37. The Balaban J connectivity index is 2.14. The van der Waals surface area contributed by atoms with E-state index in [1.54, 1.807) is 13.0 Å². The van der Waals surface area contributed by atoms with Gasteiger partial charge in [-0.25, -0.2) is 9.78 Å². The number of benzene rings is 1. The van der Waals surface area contributed by atoms with Crippen molar-refractivity contribution in [2.24, 2.45) is 0 Å². The molecule has 1 N–H and O–H groups in total. The highest BCUT2D eigenvalue weighted by Crippen LogP contribution is 2.27. The van der Waals surface area contributed by atoms with Crippen LogP contribution >= 0.6 is 11.3 Å². The van der Waals surface area contributed by atoms with Crippen LogP contribution in [0.2, 0.25) is 0 Å². The number of nitrogens with one attached hydrogen (secondary N) is 1. The molecule has 0 radical (unpaired) electrons. The van der Waals surface area contributed by atoms with Gasteiger partial charge in [0.2, 0.25) is 0 Å². The Morgan fingerprint density at radius 1 is 1.37 bits per heavy atom. The first kappa shape index (κ1) is 20.2. The van der Waals surface area contributed by atoms with Gasteiger partial charge < -0.3 is 9.47 Å². The Labute approximate surface area is 155 Å². The lowest BCUT2D eigenvalue weighted by atomic mass is 10.1. The van der Waals surface area contributed by atoms with Crippen molar-refractivity contribution in [2.75, 3.05) is 11.9 Å². The van der Waals surface area contributed by atoms with E-state index in [9.17, 15) is 22.8 Å². The van der Waals surface area contributed by atoms with Crippen molar-refractivity contribution in [1.29, 1.82) is 5.26 Å². The van der Waals surface area contributed by atoms with E-state index in [4.69, 9.17) is 10.00 Å². The van der Waals surface area contributed by atoms with Crippen LogP contribution < -0.4 is 10.1 Å². The number of thiazole rings is 1. The summed E-state index contributed by atoms with van der Waals surface area (Å²) in [7, 11) is 0. The molecule has 0 atom stereocenters. The van der Waals surface area contributed by atoms with Gasteiger partial charge in [0.1, 0.15) is 6.07 Å². The fourth-order valence-corrected chi connectivity index (χ4v) is 2.73. The first-order valence-corrected chi connectivity index (χ1v) is 8.25. The summed E-state index contributed by atoms with van der Waals surface area (Å²) >= 11 is 0.691. The molecule has 27 heavy (non-hydrogen) atoms. The second kappa shape index (κ2) is 8.50. The van der Waals surface area contributed by atoms with E-state index in [0.717, 1.165) is 12.3 Å². The molecule has 0 fully saturated rings. The number of hydrogen-bond donors (Lipinski definition) is 1. The minimum absolute atomic E-state index is 0.00122. The highest BCUT2D eigenvalue weighted by Gasteiger charge is 2.29. The summed E-state index contributed by atoms with van der Waals surface area (Å²) in [6.45, 7) is 1.63. The zero-order chi connectivity index (χ0) is 20.0. The normalized spacial score (nSPS) is 10.8. The molecule has 0 aliphatic carbocycles. The molecule has 2 aromatic rings. The first-order chi connectivity index (χ1) is 12.7. The van der Waals surface area contributed by atoms with Crippen molar-refractivity contribution in [1.82, 2.24) is 4.98 Å². The van der Waals surface area contributed by atoms with Gasteiger partial charge in [-0.15, -0.1) is 11.3 Å². The number of aromatic nitrogens is 1. The number of nitriles is 1. The van der Waals surface area contributed by atoms with Gasteiger partial charge in [0, 0.05) is 16.6 Å². The Kier molecular flexibility index (Phi) is 6.36. The summed E-state index contributed by atoms with van der Waals surface area (Å²) in [4.78, 5) is 27.3. The number of carbonyl (C=O) groups is 2. The molecule has 0 aliphatic heterocycles. The topological polar surface area (TPSA) is 101 Å². The lowest BCUT2D eigenvalue weighted by Gasteiger charge is -2.08. The number of alkyl halides is 3. The number of halogens is 3. The third-order valence-corrected chi connectivity index (χ3v) is 3.88. The molecule has 142 valence electrons. The lowest BCUT2D eigenvalue weighted by molar-refractivity contribution is -0.126. The van der Waals surface area contributed by atoms with Gasteiger partial charge in [0.05, 0.1) is 18.6 Å². The van der Waals surface area contributed by atoms with Gasteiger partial charge in [-0.2, -0.15) is 18.4 Å². The monoisotopic (exact) mass is 399 g/mol. The van der Waals surface area contributed by atoms with Gasteiger partial charge in [0.25, 0.3) is 5.91 Å². The van der Waals surface area contributed by atoms with Gasteiger partial charge in [-0.3, -0.25) is 10.1 Å². The van der Waals surface area contributed by atoms with Gasteiger partial charge in [-0.05, 0) is 25.1 Å². The molecule has 0 spiro atoms. The Morgan fingerprint density at radius 2 is 2.11 bits per heavy atom. The highest BCUT2D eigenvalue weighted by molar-refractivity contribution is 7.15. The largest absolute Gasteiger partial charge is 0.513 e. The van der Waals surface area contributed by atoms with Crippen LogP contribution in [0.5, 0.6) is 5.75 Å². The number of ether oxygens (including phenoxy) is 2. The van der Waals surface area contributed by atoms with Crippen molar-refractivity contribution >= 4 is 28.5 Å². The molecule has 0 aliphatic rings. The molecule has 0 unspecified atom stereocenters. The molecule has 0 bridgehead atoms. The van der Waals surface area contributed by atoms with Crippen LogP contribution in [0.3, 0.4) is 0 Å². The maximum atomic E-state index is 12.4. The summed E-state index contributed by atoms with van der Waals surface area (Å²) in [6.07, 6.45) is -5.53. The van der Waals surface area contributed by atoms with E-state index in [0.29, 0.717) is 11.3 Å². The average molecular weight is 399 g/mol. The SMILES string of the molecule is CCOC(=O)Oc1cc(C(=O)Nc2ncc(CC(F)(F)F)s2)ccc1C#N. The predicted octanol–water partition coefficient (Wildman–Crippen LogP) is 3.91. The predicted molar refractivity (Wildman–Crippen MR) is 88.6 cm³/mol. The van der Waals surface area contributed by atoms with Crippen LogP contribution in [0.4, 0.5) is 23.1 Å². The average Bonchev–Trinajstić information content (AvgIpc) is 2.99. The standard InChI is InChI=1S/C16H12F3N3O4S/c1-2-25-15(24)26-12-5-9(3-4-10(12)7-20)13(23)22-14-21-8-11(27-14)6-16(17,18)19/h3-5,8H,2,6H2,1H3,(H,21,22,23). The summed E-state index contributed by atoms with van der Waals surface area (Å²) in [6, 6.07) is 5.52. The van der Waals surface area contributed by atoms with Crippen LogP contribution in [-0.2, 0) is 11.2 Å². The smallest absolute Gasteiger partial charge is 0.434 e. The second-order valence-electron chi connectivity index (χ2n) is 4.99. The maximum absolute atomic E-state index is 12.4. The van der Waals surface area contributed by atoms with Crippen LogP contribution in [0.1, 0.15) is 27.7 Å². The molecule has 2 rings (SSSR count). The maximum Gasteiger partial charge on any atom is 0.513 e. The van der Waals surface area contributed by atoms with E-state index >= 15 is 0 Å². The number of amides is 1. The molecular formula is C16H12F3N3O4S. The van der Waals surface area contributed by atoms with E-state index in [1.807, 2.05) is 0 Å². The molecule has 7 nitrogen and oxygen atoms in total. The molecule has 1 aromatic heterocycles. The van der Waals surface area contributed by atoms with Gasteiger partial charge in [-0.1, -0.05) is 0 Å². The van der Waals surface area contributed by atoms with Crippen molar-refractivity contribution in [3.05, 3.63) is 40.4 Å². The third-order valence-electron chi connectivity index (χ3n) is 2.97. The Morgan fingerprint density at radius 3 is 2.74 bits per heavy atom. The third kappa shape index (κ3) is 5.96. The van der Waals surface area contributed by atoms with E-state index < -0.39 is 24.7 Å². The van der Waals surface area contributed by atoms with E-state index in [-0.39, 0.29) is 33.5 Å². The second-order valence-corrected chi connectivity index (χ2v) is 6.10. The highest BCUT2D eigenvalue weighted by atomic mass is 32.1. The number of anilines is 1. The summed E-state index contributed by atoms with van der Waals surface area (Å²) < 4.78 is 46.6. The summed E-state index contributed by atoms with van der Waals surface area (Å²) in [5, 5.41) is 11.4. The zero-order valence-corrected chi connectivity index (χ0v) is 14.6. The number of hydrogen-bond acceptors (Lipinski definition) is 7. The van der Waals surface area contributed by atoms with Gasteiger partial charge >= 0.3 is 12.3 Å². The fourth-order valence-electron chi connectivity index (χ4n) is 1.89. The lowest BCUT2D eigenvalue weighted by Crippen LogP contribution is -2.14. The van der Waals surface area contributed by atoms with Crippen molar-refractivity contribution in [2.45, 2.75) is 19.5 Å². The quantitative estimate of drug-likeness (QED) is 0.604. The molecular weight excluding hydrogens is 387 g/mol. The van der Waals surface area contributed by atoms with Crippen LogP contribution in [0, 0.1) is 11.3 Å². The van der Waals surface area contributed by atoms with Crippen molar-refractivity contribution in [3.63, 3.8) is 0 Å². The fraction of sp³-hybridized carbons (Fsp3) is 0.250. The molecule has 1 amide bonds. The van der Waals surface area contributed by atoms with Crippen molar-refractivity contribution < 1.29 is 32.2 Å². The molecule has 0 saturated heterocycles. The Hall–Kier alpha value is -3.13. The number of carbonyl (C=O) groups excluding carboxylic acids is 2. The van der Waals surface area contributed by atoms with Crippen LogP contribution in [0.25, 0.3) is 0 Å². The number of nitrogens with zero attached hydrogens (tertiary/aromatic N) is 2. The molecule has 0 saturated carbocycles. The van der Waals surface area contributed by atoms with Crippen molar-refractivity contribution in [3.8, 4) is 11.8 Å². The molecule has 11 heteroatoms. The Bertz CT molecular complexity index is 890. The molecule has 1 aromatic carbocycles.